The first kappa shape index (κ1) is 8.96. The van der Waals surface area contributed by atoms with Gasteiger partial charge in [0.15, 0.2) is 0 Å². The van der Waals surface area contributed by atoms with E-state index in [0.29, 0.717) is 12.5 Å². The Labute approximate surface area is 58.1 Å². The first-order valence-electron chi connectivity index (χ1n) is 3.63. The lowest BCUT2D eigenvalue weighted by Crippen LogP contribution is -2.22. The van der Waals surface area contributed by atoms with Crippen LogP contribution >= 0.6 is 0 Å². The monoisotopic (exact) mass is 130 g/mol. The van der Waals surface area contributed by atoms with Crippen molar-refractivity contribution in [2.75, 3.05) is 6.61 Å². The molecule has 0 amide bonds. The normalized spacial score (nSPS) is 15.7. The fourth-order valence-corrected chi connectivity index (χ4v) is 1.02. The molecule has 1 atom stereocenters. The fraction of sp³-hybridized carbons (Fsp3) is 1.00. The molecule has 0 aliphatic rings. The van der Waals surface area contributed by atoms with Gasteiger partial charge in [-0.15, -0.1) is 0 Å². The maximum atomic E-state index is 8.86. The van der Waals surface area contributed by atoms with Crippen LogP contribution in [-0.2, 0) is 0 Å². The SMILES string of the molecule is CCC(CO)C(C)(C)C. The Morgan fingerprint density at radius 2 is 1.78 bits per heavy atom. The Balaban J connectivity index is 3.79. The molecule has 1 heteroatoms. The molecule has 0 radical (unpaired) electrons. The zero-order valence-corrected chi connectivity index (χ0v) is 6.94. The largest absolute Gasteiger partial charge is 0.396 e. The summed E-state index contributed by atoms with van der Waals surface area (Å²) in [6, 6.07) is 0. The highest BCUT2D eigenvalue weighted by atomic mass is 16.3. The number of aliphatic hydroxyl groups excluding tert-OH is 1. The van der Waals surface area contributed by atoms with Crippen LogP contribution in [0.5, 0.6) is 0 Å². The number of hydrogen-bond acceptors (Lipinski definition) is 1. The third-order valence-electron chi connectivity index (χ3n) is 1.94. The van der Waals surface area contributed by atoms with E-state index in [9.17, 15) is 0 Å². The first-order valence-corrected chi connectivity index (χ1v) is 3.63. The molecule has 56 valence electrons. The van der Waals surface area contributed by atoms with Gasteiger partial charge in [-0.2, -0.15) is 0 Å². The average molecular weight is 130 g/mol. The summed E-state index contributed by atoms with van der Waals surface area (Å²) in [5, 5.41) is 8.86. The van der Waals surface area contributed by atoms with Crippen LogP contribution in [0.2, 0.25) is 0 Å². The van der Waals surface area contributed by atoms with Crippen LogP contribution in [0.4, 0.5) is 0 Å². The van der Waals surface area contributed by atoms with Gasteiger partial charge in [0.1, 0.15) is 0 Å². The van der Waals surface area contributed by atoms with Gasteiger partial charge in [0.25, 0.3) is 0 Å². The van der Waals surface area contributed by atoms with Crippen LogP contribution in [0, 0.1) is 11.3 Å². The van der Waals surface area contributed by atoms with E-state index >= 15 is 0 Å². The Kier molecular flexibility index (Phi) is 3.20. The third kappa shape index (κ3) is 2.85. The molecule has 1 N–H and O–H groups in total. The van der Waals surface area contributed by atoms with Crippen LogP contribution in [0.15, 0.2) is 0 Å². The second-order valence-corrected chi connectivity index (χ2v) is 3.65. The lowest BCUT2D eigenvalue weighted by atomic mass is 9.80. The van der Waals surface area contributed by atoms with Gasteiger partial charge in [-0.1, -0.05) is 34.1 Å². The highest BCUT2D eigenvalue weighted by molar-refractivity contribution is 4.71. The van der Waals surface area contributed by atoms with Crippen molar-refractivity contribution >= 4 is 0 Å². The number of aliphatic hydroxyl groups is 1. The molecule has 0 heterocycles. The van der Waals surface area contributed by atoms with Gasteiger partial charge in [-0.05, 0) is 11.3 Å². The zero-order chi connectivity index (χ0) is 7.49. The molecule has 0 aliphatic carbocycles. The molecule has 0 rings (SSSR count). The summed E-state index contributed by atoms with van der Waals surface area (Å²) in [5.74, 6) is 0.456. The van der Waals surface area contributed by atoms with Crippen LogP contribution in [0.1, 0.15) is 34.1 Å². The molecule has 0 saturated carbocycles. The molecule has 0 saturated heterocycles. The van der Waals surface area contributed by atoms with E-state index in [1.165, 1.54) is 0 Å². The summed E-state index contributed by atoms with van der Waals surface area (Å²) in [5.41, 5.74) is 0.267. The van der Waals surface area contributed by atoms with Crippen molar-refractivity contribution in [3.63, 3.8) is 0 Å². The van der Waals surface area contributed by atoms with Crippen molar-refractivity contribution < 1.29 is 5.11 Å². The minimum Gasteiger partial charge on any atom is -0.396 e. The Morgan fingerprint density at radius 1 is 1.33 bits per heavy atom. The molecular weight excluding hydrogens is 112 g/mol. The van der Waals surface area contributed by atoms with Gasteiger partial charge in [0.05, 0.1) is 0 Å². The minimum atomic E-state index is 0.267. The maximum Gasteiger partial charge on any atom is 0.0464 e. The predicted molar refractivity (Wildman–Crippen MR) is 40.3 cm³/mol. The second-order valence-electron chi connectivity index (χ2n) is 3.65. The molecule has 0 bridgehead atoms. The van der Waals surface area contributed by atoms with Crippen molar-refractivity contribution in [2.24, 2.45) is 11.3 Å². The van der Waals surface area contributed by atoms with Gasteiger partial charge in [-0.3, -0.25) is 0 Å². The predicted octanol–water partition coefficient (Wildman–Crippen LogP) is 2.05. The molecule has 0 aromatic heterocycles. The number of hydrogen-bond donors (Lipinski definition) is 1. The van der Waals surface area contributed by atoms with Crippen molar-refractivity contribution in [1.82, 2.24) is 0 Å². The smallest absolute Gasteiger partial charge is 0.0464 e. The lowest BCUT2D eigenvalue weighted by Gasteiger charge is -2.27. The summed E-state index contributed by atoms with van der Waals surface area (Å²) in [6.45, 7) is 8.93. The van der Waals surface area contributed by atoms with Crippen LogP contribution in [-0.4, -0.2) is 11.7 Å². The van der Waals surface area contributed by atoms with E-state index in [0.717, 1.165) is 6.42 Å². The topological polar surface area (TPSA) is 20.2 Å². The van der Waals surface area contributed by atoms with Gasteiger partial charge < -0.3 is 5.11 Å². The van der Waals surface area contributed by atoms with Gasteiger partial charge >= 0.3 is 0 Å². The lowest BCUT2D eigenvalue weighted by molar-refractivity contribution is 0.127. The van der Waals surface area contributed by atoms with Gasteiger partial charge in [0, 0.05) is 6.61 Å². The molecular formula is C8H18O. The average Bonchev–Trinajstić information content (AvgIpc) is 1.65. The summed E-state index contributed by atoms with van der Waals surface area (Å²) in [6.07, 6.45) is 1.07. The van der Waals surface area contributed by atoms with Crippen LogP contribution in [0.25, 0.3) is 0 Å². The van der Waals surface area contributed by atoms with Crippen LogP contribution in [0.3, 0.4) is 0 Å². The van der Waals surface area contributed by atoms with E-state index in [2.05, 4.69) is 27.7 Å². The Morgan fingerprint density at radius 3 is 1.78 bits per heavy atom. The summed E-state index contributed by atoms with van der Waals surface area (Å²) < 4.78 is 0. The molecule has 0 fully saturated rings. The van der Waals surface area contributed by atoms with Crippen molar-refractivity contribution in [1.29, 1.82) is 0 Å². The third-order valence-corrected chi connectivity index (χ3v) is 1.94. The molecule has 0 spiro atoms. The molecule has 0 aliphatic heterocycles. The maximum absolute atomic E-state index is 8.86. The summed E-state index contributed by atoms with van der Waals surface area (Å²) >= 11 is 0. The zero-order valence-electron chi connectivity index (χ0n) is 6.94. The quantitative estimate of drug-likeness (QED) is 0.606. The van der Waals surface area contributed by atoms with E-state index in [-0.39, 0.29) is 5.41 Å². The van der Waals surface area contributed by atoms with Crippen molar-refractivity contribution in [3.8, 4) is 0 Å². The second kappa shape index (κ2) is 3.21. The Bertz CT molecular complexity index is 67.1. The Hall–Kier alpha value is -0.0400. The van der Waals surface area contributed by atoms with E-state index in [1.54, 1.807) is 0 Å². The molecule has 1 unspecified atom stereocenters. The summed E-state index contributed by atoms with van der Waals surface area (Å²) in [7, 11) is 0. The van der Waals surface area contributed by atoms with Gasteiger partial charge in [0.2, 0.25) is 0 Å². The first-order chi connectivity index (χ1) is 4.02. The highest BCUT2D eigenvalue weighted by Gasteiger charge is 2.21. The number of rotatable bonds is 2. The highest BCUT2D eigenvalue weighted by Crippen LogP contribution is 2.27. The minimum absolute atomic E-state index is 0.267. The molecule has 9 heavy (non-hydrogen) atoms. The van der Waals surface area contributed by atoms with Crippen molar-refractivity contribution in [3.05, 3.63) is 0 Å². The summed E-state index contributed by atoms with van der Waals surface area (Å²) in [4.78, 5) is 0. The molecule has 1 nitrogen and oxygen atoms in total. The van der Waals surface area contributed by atoms with E-state index in [1.807, 2.05) is 0 Å². The van der Waals surface area contributed by atoms with E-state index < -0.39 is 0 Å². The van der Waals surface area contributed by atoms with Crippen molar-refractivity contribution in [2.45, 2.75) is 34.1 Å². The fourth-order valence-electron chi connectivity index (χ4n) is 1.02. The molecule has 0 aromatic carbocycles. The van der Waals surface area contributed by atoms with E-state index in [4.69, 9.17) is 5.11 Å². The van der Waals surface area contributed by atoms with Crippen LogP contribution < -0.4 is 0 Å². The molecule has 0 aromatic rings. The standard InChI is InChI=1S/C8H18O/c1-5-7(6-9)8(2,3)4/h7,9H,5-6H2,1-4H3. The van der Waals surface area contributed by atoms with Gasteiger partial charge in [-0.25, -0.2) is 0 Å².